The Kier molecular flexibility index (Phi) is 18.0. The molecule has 0 saturated carbocycles. The Morgan fingerprint density at radius 3 is 0.793 bits per heavy atom. The molecule has 176 valence electrons. The van der Waals surface area contributed by atoms with Gasteiger partial charge in [0.25, 0.3) is 0 Å². The van der Waals surface area contributed by atoms with Crippen LogP contribution in [0.4, 0.5) is 0 Å². The van der Waals surface area contributed by atoms with Crippen molar-refractivity contribution in [2.45, 2.75) is 55.4 Å². The third-order valence-electron chi connectivity index (χ3n) is 3.37. The number of hydroxylamine groups is 4. The van der Waals surface area contributed by atoms with E-state index < -0.39 is 18.1 Å². The quantitative estimate of drug-likeness (QED) is 0.154. The Morgan fingerprint density at radius 2 is 0.655 bits per heavy atom. The van der Waals surface area contributed by atoms with E-state index in [1.54, 1.807) is 20.7 Å². The van der Waals surface area contributed by atoms with Gasteiger partial charge in [-0.25, -0.2) is 0 Å². The molecule has 29 heavy (non-hydrogen) atoms. The van der Waals surface area contributed by atoms with Crippen molar-refractivity contribution in [3.05, 3.63) is 0 Å². The van der Waals surface area contributed by atoms with E-state index in [4.69, 9.17) is 13.7 Å². The zero-order valence-electron chi connectivity index (χ0n) is 19.6. The molecule has 4 N–H and O–H groups in total. The SMILES string of the molecule is CCNN(CC)[O][Ti]([O]N(CC)NCC)([O]N(CC)NCC)[O]N(CC)NCC. The molecule has 0 amide bonds. The van der Waals surface area contributed by atoms with Crippen molar-refractivity contribution >= 4 is 0 Å². The molecule has 0 aliphatic heterocycles. The standard InChI is InChI=1S/4C4H11N2O.Ti/c4*1-3-5-6(7)4-2;/h4*5H,3-4H2,1-2H3;/q4*-1;+4. The van der Waals surface area contributed by atoms with Gasteiger partial charge in [0.2, 0.25) is 0 Å². The predicted molar refractivity (Wildman–Crippen MR) is 109 cm³/mol. The average molecular weight is 460 g/mol. The zero-order valence-corrected chi connectivity index (χ0v) is 21.1. The van der Waals surface area contributed by atoms with Crippen molar-refractivity contribution < 1.29 is 31.8 Å². The summed E-state index contributed by atoms with van der Waals surface area (Å²) in [5, 5.41) is 6.39. The van der Waals surface area contributed by atoms with Gasteiger partial charge in [0.15, 0.2) is 0 Å². The molecule has 0 aliphatic carbocycles. The van der Waals surface area contributed by atoms with Crippen molar-refractivity contribution in [2.75, 3.05) is 52.4 Å². The normalized spacial score (nSPS) is 12.8. The number of nitrogens with one attached hydrogen (secondary N) is 4. The molecular weight excluding hydrogens is 416 g/mol. The molecule has 0 aromatic rings. The van der Waals surface area contributed by atoms with E-state index >= 15 is 0 Å². The van der Waals surface area contributed by atoms with Crippen LogP contribution < -0.4 is 21.7 Å². The summed E-state index contributed by atoms with van der Waals surface area (Å²) in [5.74, 6) is 0. The van der Waals surface area contributed by atoms with Gasteiger partial charge in [-0.15, -0.1) is 0 Å². The fourth-order valence-electron chi connectivity index (χ4n) is 2.18. The van der Waals surface area contributed by atoms with Crippen LogP contribution in [0.25, 0.3) is 0 Å². The maximum atomic E-state index is 6.26. The van der Waals surface area contributed by atoms with Crippen molar-refractivity contribution in [3.63, 3.8) is 0 Å². The van der Waals surface area contributed by atoms with Gasteiger partial charge >= 0.3 is 182 Å². The van der Waals surface area contributed by atoms with Crippen LogP contribution in [-0.2, 0) is 31.8 Å². The molecular formula is C16H44N8O4Ti. The Hall–Kier alpha value is 0.234. The molecule has 0 bridgehead atoms. The monoisotopic (exact) mass is 460 g/mol. The van der Waals surface area contributed by atoms with Crippen LogP contribution in [0.1, 0.15) is 55.4 Å². The first-order valence-corrected chi connectivity index (χ1v) is 13.3. The van der Waals surface area contributed by atoms with Gasteiger partial charge in [0.05, 0.1) is 0 Å². The van der Waals surface area contributed by atoms with E-state index in [2.05, 4.69) is 21.7 Å². The Bertz CT molecular complexity index is 319. The summed E-state index contributed by atoms with van der Waals surface area (Å²) in [6, 6.07) is 0. The summed E-state index contributed by atoms with van der Waals surface area (Å²) >= 11 is -4.48. The molecule has 13 heteroatoms. The maximum absolute atomic E-state index is 6.26. The fourth-order valence-corrected chi connectivity index (χ4v) is 5.39. The first-order chi connectivity index (χ1) is 14.0. The summed E-state index contributed by atoms with van der Waals surface area (Å²) in [6.07, 6.45) is 0. The molecule has 12 nitrogen and oxygen atoms in total. The van der Waals surface area contributed by atoms with Crippen LogP contribution in [0.2, 0.25) is 0 Å². The number of hydrogen-bond donors (Lipinski definition) is 4. The van der Waals surface area contributed by atoms with Crippen molar-refractivity contribution in [2.24, 2.45) is 0 Å². The Morgan fingerprint density at radius 1 is 0.448 bits per heavy atom. The van der Waals surface area contributed by atoms with Gasteiger partial charge in [-0.3, -0.25) is 0 Å². The minimum atomic E-state index is -4.48. The molecule has 0 unspecified atom stereocenters. The topological polar surface area (TPSA) is 98.0 Å². The summed E-state index contributed by atoms with van der Waals surface area (Å²) in [5.41, 5.74) is 12.6. The fraction of sp³-hybridized carbons (Fsp3) is 1.00. The summed E-state index contributed by atoms with van der Waals surface area (Å²) in [6.45, 7) is 20.9. The molecule has 0 saturated heterocycles. The van der Waals surface area contributed by atoms with Gasteiger partial charge in [0, 0.05) is 0 Å². The molecule has 0 aliphatic rings. The second-order valence-corrected chi connectivity index (χ2v) is 8.39. The van der Waals surface area contributed by atoms with Gasteiger partial charge < -0.3 is 0 Å². The molecule has 0 heterocycles. The van der Waals surface area contributed by atoms with Gasteiger partial charge in [-0.2, -0.15) is 0 Å². The van der Waals surface area contributed by atoms with E-state index in [-0.39, 0.29) is 0 Å². The first kappa shape index (κ1) is 29.2. The third-order valence-corrected chi connectivity index (χ3v) is 6.15. The third kappa shape index (κ3) is 12.0. The first-order valence-electron chi connectivity index (χ1n) is 10.8. The number of nitrogens with zero attached hydrogens (tertiary/aromatic N) is 4. The van der Waals surface area contributed by atoms with Crippen LogP contribution in [0.3, 0.4) is 0 Å². The molecule has 0 fully saturated rings. The van der Waals surface area contributed by atoms with Crippen molar-refractivity contribution in [1.82, 2.24) is 42.4 Å². The Labute approximate surface area is 182 Å². The van der Waals surface area contributed by atoms with Gasteiger partial charge in [-0.1, -0.05) is 0 Å². The van der Waals surface area contributed by atoms with Crippen LogP contribution in [0.5, 0.6) is 0 Å². The predicted octanol–water partition coefficient (Wildman–Crippen LogP) is 0.912. The minimum absolute atomic E-state index is 0.574. The zero-order chi connectivity index (χ0) is 22.1. The molecule has 0 radical (unpaired) electrons. The number of hydrazine groups is 4. The second-order valence-electron chi connectivity index (χ2n) is 5.69. The summed E-state index contributed by atoms with van der Waals surface area (Å²) in [7, 11) is 0. The van der Waals surface area contributed by atoms with Crippen LogP contribution in [0, 0.1) is 0 Å². The molecule has 0 aromatic heterocycles. The van der Waals surface area contributed by atoms with Crippen molar-refractivity contribution in [3.8, 4) is 0 Å². The molecule has 0 rings (SSSR count). The molecule has 0 aromatic carbocycles. The van der Waals surface area contributed by atoms with Crippen molar-refractivity contribution in [1.29, 1.82) is 0 Å². The summed E-state index contributed by atoms with van der Waals surface area (Å²) in [4.78, 5) is 0. The van der Waals surface area contributed by atoms with Gasteiger partial charge in [-0.05, 0) is 0 Å². The van der Waals surface area contributed by atoms with Gasteiger partial charge in [0.1, 0.15) is 0 Å². The van der Waals surface area contributed by atoms with Crippen LogP contribution in [-0.4, -0.2) is 73.0 Å². The number of hydrogen-bond acceptors (Lipinski definition) is 12. The van der Waals surface area contributed by atoms with E-state index in [0.717, 1.165) is 0 Å². The number of rotatable bonds is 20. The summed E-state index contributed by atoms with van der Waals surface area (Å²) < 4.78 is 25.0. The van der Waals surface area contributed by atoms with E-state index in [1.807, 2.05) is 55.4 Å². The molecule has 0 spiro atoms. The van der Waals surface area contributed by atoms with E-state index in [1.165, 1.54) is 0 Å². The van der Waals surface area contributed by atoms with Crippen LogP contribution in [0.15, 0.2) is 0 Å². The molecule has 0 atom stereocenters. The van der Waals surface area contributed by atoms with E-state index in [0.29, 0.717) is 52.4 Å². The average Bonchev–Trinajstić information content (AvgIpc) is 2.72. The second kappa shape index (κ2) is 17.9. The van der Waals surface area contributed by atoms with Crippen LogP contribution >= 0.6 is 0 Å². The Balaban J connectivity index is 5.94. The van der Waals surface area contributed by atoms with E-state index in [9.17, 15) is 0 Å².